The molecule has 0 amide bonds. The van der Waals surface area contributed by atoms with Crippen molar-refractivity contribution in [2.45, 2.75) is 13.3 Å². The van der Waals surface area contributed by atoms with E-state index in [1.807, 2.05) is 0 Å². The summed E-state index contributed by atoms with van der Waals surface area (Å²) in [7, 11) is 0. The third-order valence-corrected chi connectivity index (χ3v) is 0.951. The van der Waals surface area contributed by atoms with E-state index in [1.54, 1.807) is 0 Å². The maximum atomic E-state index is 4.80. The summed E-state index contributed by atoms with van der Waals surface area (Å²) in [5.74, 6) is 0. The number of hydrogen-bond acceptors (Lipinski definition) is 1. The van der Waals surface area contributed by atoms with E-state index < -0.39 is 0 Å². The van der Waals surface area contributed by atoms with Crippen molar-refractivity contribution in [3.05, 3.63) is 0 Å². The van der Waals surface area contributed by atoms with Crippen LogP contribution in [0.1, 0.15) is 13.3 Å². The normalized spacial score (nSPS) is 8.20. The number of hydrogen-bond donors (Lipinski definition) is 0. The Bertz CT molecular complexity index is 14.4. The van der Waals surface area contributed by atoms with E-state index in [9.17, 15) is 0 Å². The van der Waals surface area contributed by atoms with E-state index in [-0.39, 0.29) is 0 Å². The quantitative estimate of drug-likeness (QED) is 0.696. The van der Waals surface area contributed by atoms with Gasteiger partial charge in [-0.05, 0) is 0 Å². The average Bonchev–Trinajstić information content (AvgIpc) is 1.41. The third kappa shape index (κ3) is 4.70. The molecule has 0 saturated carbocycles. The second-order valence-electron chi connectivity index (χ2n) is 0.833. The molecule has 0 aromatic carbocycles. The van der Waals surface area contributed by atoms with Crippen molar-refractivity contribution in [3.8, 4) is 0 Å². The molecule has 0 spiro atoms. The van der Waals surface area contributed by atoms with Crippen LogP contribution in [-0.4, -0.2) is 6.61 Å². The van der Waals surface area contributed by atoms with Gasteiger partial charge >= 0.3 is 44.7 Å². The first-order chi connectivity index (χ1) is 2.41. The van der Waals surface area contributed by atoms with Gasteiger partial charge in [0.1, 0.15) is 0 Å². The summed E-state index contributed by atoms with van der Waals surface area (Å²) in [4.78, 5) is 0. The van der Waals surface area contributed by atoms with Gasteiger partial charge in [-0.25, -0.2) is 0 Å². The average molecular weight is 240 g/mol. The van der Waals surface area contributed by atoms with E-state index in [0.29, 0.717) is 0 Å². The van der Waals surface area contributed by atoms with Crippen LogP contribution in [0.25, 0.3) is 0 Å². The molecule has 0 atom stereocenters. The van der Waals surface area contributed by atoms with Gasteiger partial charge in [0.2, 0.25) is 0 Å². The van der Waals surface area contributed by atoms with Crippen LogP contribution in [0.5, 0.6) is 0 Å². The van der Waals surface area contributed by atoms with E-state index in [1.165, 1.54) is 0 Å². The van der Waals surface area contributed by atoms with Gasteiger partial charge in [-0.15, -0.1) is 0 Å². The van der Waals surface area contributed by atoms with Crippen molar-refractivity contribution in [3.63, 3.8) is 0 Å². The predicted molar refractivity (Wildman–Crippen MR) is 16.2 cm³/mol. The first-order valence-corrected chi connectivity index (χ1v) is 2.99. The van der Waals surface area contributed by atoms with Gasteiger partial charge in [-0.1, -0.05) is 0 Å². The van der Waals surface area contributed by atoms with Crippen molar-refractivity contribution < 1.29 is 24.7 Å². The molecule has 0 rings (SSSR count). The summed E-state index contributed by atoms with van der Waals surface area (Å²) >= 11 is 1.06. The van der Waals surface area contributed by atoms with Gasteiger partial charge in [-0.2, -0.15) is 0 Å². The Kier molecular flexibility index (Phi) is 5.36. The van der Waals surface area contributed by atoms with E-state index in [4.69, 9.17) is 3.24 Å². The van der Waals surface area contributed by atoms with Gasteiger partial charge in [0.25, 0.3) is 0 Å². The standard InChI is InChI=1S/C3H7O.Ta/c1-2-3-4;/h2-3H2,1H3;/q-1;+1. The van der Waals surface area contributed by atoms with Crippen molar-refractivity contribution in [2.75, 3.05) is 6.61 Å². The molecule has 0 bridgehead atoms. The first-order valence-electron chi connectivity index (χ1n) is 1.68. The molecule has 0 aliphatic rings. The van der Waals surface area contributed by atoms with Crippen LogP contribution in [0.3, 0.4) is 0 Å². The van der Waals surface area contributed by atoms with Crippen molar-refractivity contribution >= 4 is 0 Å². The Balaban J connectivity index is 2.19. The van der Waals surface area contributed by atoms with Crippen molar-refractivity contribution in [2.24, 2.45) is 0 Å². The van der Waals surface area contributed by atoms with Crippen LogP contribution in [0.2, 0.25) is 0 Å². The molecule has 0 aliphatic carbocycles. The molecule has 0 saturated heterocycles. The minimum absolute atomic E-state index is 0.938. The summed E-state index contributed by atoms with van der Waals surface area (Å²) in [5.41, 5.74) is 0. The van der Waals surface area contributed by atoms with Gasteiger partial charge in [-0.3, -0.25) is 0 Å². The zero-order valence-corrected chi connectivity index (χ0v) is 6.48. The molecular weight excluding hydrogens is 233 g/mol. The Morgan fingerprint density at radius 3 is 2.40 bits per heavy atom. The molecule has 0 N–H and O–H groups in total. The summed E-state index contributed by atoms with van der Waals surface area (Å²) in [6, 6.07) is 0. The molecule has 0 radical (unpaired) electrons. The van der Waals surface area contributed by atoms with Crippen LogP contribution in [0.4, 0.5) is 0 Å². The molecular formula is C3H7OTa. The molecule has 0 aromatic heterocycles. The Morgan fingerprint density at radius 2 is 2.40 bits per heavy atom. The first kappa shape index (κ1) is 5.70. The maximum absolute atomic E-state index is 4.80. The summed E-state index contributed by atoms with van der Waals surface area (Å²) in [5, 5.41) is 0. The predicted octanol–water partition coefficient (Wildman–Crippen LogP) is 0.875. The van der Waals surface area contributed by atoms with Gasteiger partial charge in [0, 0.05) is 0 Å². The fourth-order valence-corrected chi connectivity index (χ4v) is 0.747. The number of rotatable bonds is 2. The van der Waals surface area contributed by atoms with Gasteiger partial charge in [0.05, 0.1) is 0 Å². The minimum atomic E-state index is 0.938. The summed E-state index contributed by atoms with van der Waals surface area (Å²) < 4.78 is 4.80. The second-order valence-corrected chi connectivity index (χ2v) is 1.76. The molecule has 0 aliphatic heterocycles. The molecule has 5 heavy (non-hydrogen) atoms. The molecule has 0 heterocycles. The fourth-order valence-electron chi connectivity index (χ4n) is 0.0913. The molecule has 0 fully saturated rings. The Morgan fingerprint density at radius 1 is 1.80 bits per heavy atom. The second kappa shape index (κ2) is 4.70. The Hall–Kier alpha value is 0.700. The zero-order valence-electron chi connectivity index (χ0n) is 3.27. The zero-order chi connectivity index (χ0) is 4.12. The van der Waals surface area contributed by atoms with E-state index >= 15 is 0 Å². The molecule has 0 unspecified atom stereocenters. The SMILES string of the molecule is CCC[O][Ta]. The van der Waals surface area contributed by atoms with Gasteiger partial charge in [0.15, 0.2) is 0 Å². The summed E-state index contributed by atoms with van der Waals surface area (Å²) in [6.45, 7) is 3.04. The molecule has 0 aromatic rings. The Labute approximate surface area is 45.1 Å². The van der Waals surface area contributed by atoms with Crippen molar-refractivity contribution in [1.29, 1.82) is 0 Å². The summed E-state index contributed by atoms with van der Waals surface area (Å²) in [6.07, 6.45) is 1.15. The monoisotopic (exact) mass is 240 g/mol. The van der Waals surface area contributed by atoms with Crippen LogP contribution in [-0.2, 0) is 24.7 Å². The molecule has 1 nitrogen and oxygen atoms in total. The van der Waals surface area contributed by atoms with Crippen LogP contribution >= 0.6 is 0 Å². The molecule has 30 valence electrons. The van der Waals surface area contributed by atoms with E-state index in [2.05, 4.69) is 6.92 Å². The van der Waals surface area contributed by atoms with Gasteiger partial charge < -0.3 is 0 Å². The van der Waals surface area contributed by atoms with Crippen LogP contribution in [0.15, 0.2) is 0 Å². The third-order valence-electron chi connectivity index (χ3n) is 0.295. The van der Waals surface area contributed by atoms with E-state index in [0.717, 1.165) is 34.5 Å². The molecule has 2 heteroatoms. The van der Waals surface area contributed by atoms with Crippen LogP contribution < -0.4 is 0 Å². The fraction of sp³-hybridized carbons (Fsp3) is 1.00. The van der Waals surface area contributed by atoms with Crippen molar-refractivity contribution in [1.82, 2.24) is 0 Å². The topological polar surface area (TPSA) is 9.23 Å². The van der Waals surface area contributed by atoms with Crippen LogP contribution in [0, 0.1) is 0 Å².